The summed E-state index contributed by atoms with van der Waals surface area (Å²) in [6, 6.07) is 0. The summed E-state index contributed by atoms with van der Waals surface area (Å²) in [6.07, 6.45) is 0. The van der Waals surface area contributed by atoms with E-state index in [1.165, 1.54) is 0 Å². The Labute approximate surface area is 73.5 Å². The van der Waals surface area contributed by atoms with E-state index in [0.717, 1.165) is 11.8 Å². The van der Waals surface area contributed by atoms with Crippen molar-refractivity contribution >= 4 is 17.7 Å². The van der Waals surface area contributed by atoms with Crippen LogP contribution in [0.1, 0.15) is 0 Å². The lowest BCUT2D eigenvalue weighted by Crippen LogP contribution is -2.31. The van der Waals surface area contributed by atoms with Gasteiger partial charge in [0.15, 0.2) is 0 Å². The van der Waals surface area contributed by atoms with Crippen LogP contribution in [-0.2, 0) is 4.79 Å². The van der Waals surface area contributed by atoms with Crippen molar-refractivity contribution in [3.8, 4) is 0 Å². The Morgan fingerprint density at radius 3 is 2.67 bits per heavy atom. The van der Waals surface area contributed by atoms with Crippen LogP contribution in [0.2, 0.25) is 0 Å². The quantitative estimate of drug-likeness (QED) is 0.617. The lowest BCUT2D eigenvalue weighted by Gasteiger charge is -2.09. The van der Waals surface area contributed by atoms with Crippen molar-refractivity contribution in [3.05, 3.63) is 0 Å². The average Bonchev–Trinajstić information content (AvgIpc) is 1.98. The number of hydrogen-bond donors (Lipinski definition) is 2. The number of halogens is 2. The molecule has 0 amide bonds. The zero-order chi connectivity index (χ0) is 9.61. The van der Waals surface area contributed by atoms with Gasteiger partial charge in [0.05, 0.1) is 5.75 Å². The summed E-state index contributed by atoms with van der Waals surface area (Å²) < 4.78 is 24.7. The maximum absolute atomic E-state index is 12.3. The van der Waals surface area contributed by atoms with E-state index in [1.54, 1.807) is 7.05 Å². The number of hydrogen-bond acceptors (Lipinski definition) is 3. The standard InChI is InChI=1S/C6H11F2NO2S/c1-9-2-3-12-4-6(7,8)5(10)11/h9H,2-4H2,1H3,(H,10,11). The molecule has 6 heteroatoms. The molecule has 0 aromatic heterocycles. The summed E-state index contributed by atoms with van der Waals surface area (Å²) >= 11 is 0.920. The number of nitrogens with one attached hydrogen (secondary N) is 1. The van der Waals surface area contributed by atoms with E-state index in [9.17, 15) is 13.6 Å². The van der Waals surface area contributed by atoms with E-state index < -0.39 is 17.6 Å². The molecular weight excluding hydrogens is 188 g/mol. The fourth-order valence-electron chi connectivity index (χ4n) is 0.436. The molecule has 0 aliphatic carbocycles. The summed E-state index contributed by atoms with van der Waals surface area (Å²) in [5, 5.41) is 10.8. The summed E-state index contributed by atoms with van der Waals surface area (Å²) in [5.41, 5.74) is 0. The smallest absolute Gasteiger partial charge is 0.375 e. The third-order valence-corrected chi connectivity index (χ3v) is 2.15. The van der Waals surface area contributed by atoms with Crippen LogP contribution in [0.25, 0.3) is 0 Å². The highest BCUT2D eigenvalue weighted by atomic mass is 32.2. The largest absolute Gasteiger partial charge is 0.477 e. The monoisotopic (exact) mass is 199 g/mol. The molecule has 0 fully saturated rings. The molecule has 0 unspecified atom stereocenters. The van der Waals surface area contributed by atoms with Gasteiger partial charge in [0.25, 0.3) is 0 Å². The number of alkyl halides is 2. The second kappa shape index (κ2) is 5.31. The fourth-order valence-corrected chi connectivity index (χ4v) is 1.31. The first-order valence-corrected chi connectivity index (χ1v) is 4.49. The van der Waals surface area contributed by atoms with Crippen molar-refractivity contribution in [1.82, 2.24) is 5.32 Å². The molecule has 0 bridgehead atoms. The molecule has 0 spiro atoms. The third-order valence-electron chi connectivity index (χ3n) is 1.09. The maximum atomic E-state index is 12.3. The van der Waals surface area contributed by atoms with Crippen LogP contribution in [-0.4, -0.2) is 42.1 Å². The molecule has 2 N–H and O–H groups in total. The average molecular weight is 199 g/mol. The van der Waals surface area contributed by atoms with Gasteiger partial charge >= 0.3 is 11.9 Å². The minimum Gasteiger partial charge on any atom is -0.477 e. The maximum Gasteiger partial charge on any atom is 0.375 e. The van der Waals surface area contributed by atoms with Crippen LogP contribution in [0.3, 0.4) is 0 Å². The van der Waals surface area contributed by atoms with Gasteiger partial charge in [-0.3, -0.25) is 0 Å². The highest BCUT2D eigenvalue weighted by molar-refractivity contribution is 7.99. The van der Waals surface area contributed by atoms with Crippen molar-refractivity contribution in [3.63, 3.8) is 0 Å². The van der Waals surface area contributed by atoms with Crippen LogP contribution in [0.5, 0.6) is 0 Å². The highest BCUT2D eigenvalue weighted by Gasteiger charge is 2.38. The summed E-state index contributed by atoms with van der Waals surface area (Å²) in [7, 11) is 1.70. The molecule has 0 aliphatic rings. The Bertz CT molecular complexity index is 154. The van der Waals surface area contributed by atoms with Crippen LogP contribution in [0.4, 0.5) is 8.78 Å². The van der Waals surface area contributed by atoms with Gasteiger partial charge in [-0.05, 0) is 7.05 Å². The van der Waals surface area contributed by atoms with Crippen molar-refractivity contribution in [2.24, 2.45) is 0 Å². The summed E-state index contributed by atoms with van der Waals surface area (Å²) in [6.45, 7) is 0.598. The third kappa shape index (κ3) is 4.50. The van der Waals surface area contributed by atoms with Crippen LogP contribution < -0.4 is 5.32 Å². The van der Waals surface area contributed by atoms with E-state index in [-0.39, 0.29) is 0 Å². The lowest BCUT2D eigenvalue weighted by atomic mass is 10.4. The topological polar surface area (TPSA) is 49.3 Å². The molecule has 0 saturated carbocycles. The molecule has 0 atom stereocenters. The molecule has 72 valence electrons. The van der Waals surface area contributed by atoms with Crippen LogP contribution >= 0.6 is 11.8 Å². The van der Waals surface area contributed by atoms with Gasteiger partial charge in [0.1, 0.15) is 0 Å². The van der Waals surface area contributed by atoms with Crippen molar-refractivity contribution in [2.75, 3.05) is 25.1 Å². The van der Waals surface area contributed by atoms with Crippen LogP contribution in [0.15, 0.2) is 0 Å². The molecule has 0 aromatic rings. The first-order valence-electron chi connectivity index (χ1n) is 3.34. The Kier molecular flexibility index (Phi) is 5.16. The molecule has 0 aromatic carbocycles. The minimum atomic E-state index is -3.60. The van der Waals surface area contributed by atoms with E-state index >= 15 is 0 Å². The Morgan fingerprint density at radius 1 is 1.67 bits per heavy atom. The predicted octanol–water partition coefficient (Wildman–Crippen LogP) is 0.659. The number of rotatable bonds is 6. The summed E-state index contributed by atoms with van der Waals surface area (Å²) in [5.74, 6) is -5.83. The van der Waals surface area contributed by atoms with Gasteiger partial charge < -0.3 is 10.4 Å². The SMILES string of the molecule is CNCCSCC(F)(F)C(=O)O. The van der Waals surface area contributed by atoms with Gasteiger partial charge in [0.2, 0.25) is 0 Å². The normalized spacial score (nSPS) is 11.6. The first kappa shape index (κ1) is 11.6. The van der Waals surface area contributed by atoms with E-state index in [4.69, 9.17) is 5.11 Å². The zero-order valence-electron chi connectivity index (χ0n) is 6.64. The molecule has 0 saturated heterocycles. The number of carboxylic acids is 1. The first-order chi connectivity index (χ1) is 5.50. The van der Waals surface area contributed by atoms with Crippen molar-refractivity contribution in [2.45, 2.75) is 5.92 Å². The molecule has 0 heterocycles. The highest BCUT2D eigenvalue weighted by Crippen LogP contribution is 2.19. The van der Waals surface area contributed by atoms with E-state index in [2.05, 4.69) is 5.32 Å². The molecule has 0 rings (SSSR count). The van der Waals surface area contributed by atoms with E-state index in [1.807, 2.05) is 0 Å². The molecule has 0 radical (unpaired) electrons. The number of aliphatic carboxylic acids is 1. The van der Waals surface area contributed by atoms with E-state index in [0.29, 0.717) is 12.3 Å². The Morgan fingerprint density at radius 2 is 2.25 bits per heavy atom. The Balaban J connectivity index is 3.54. The van der Waals surface area contributed by atoms with Crippen molar-refractivity contribution in [1.29, 1.82) is 0 Å². The number of thioether (sulfide) groups is 1. The van der Waals surface area contributed by atoms with Gasteiger partial charge in [-0.15, -0.1) is 0 Å². The molecule has 12 heavy (non-hydrogen) atoms. The fraction of sp³-hybridized carbons (Fsp3) is 0.833. The van der Waals surface area contributed by atoms with Gasteiger partial charge in [0, 0.05) is 12.3 Å². The molecule has 3 nitrogen and oxygen atoms in total. The molecular formula is C6H11F2NO2S. The number of carboxylic acid groups (broad SMARTS) is 1. The van der Waals surface area contributed by atoms with Crippen LogP contribution in [0, 0.1) is 0 Å². The summed E-state index contributed by atoms with van der Waals surface area (Å²) in [4.78, 5) is 9.91. The zero-order valence-corrected chi connectivity index (χ0v) is 7.46. The predicted molar refractivity (Wildman–Crippen MR) is 43.8 cm³/mol. The lowest BCUT2D eigenvalue weighted by molar-refractivity contribution is -0.161. The molecule has 0 aliphatic heterocycles. The Hall–Kier alpha value is -0.360. The second-order valence-corrected chi connectivity index (χ2v) is 3.27. The minimum absolute atomic E-state index is 0.485. The van der Waals surface area contributed by atoms with Crippen molar-refractivity contribution < 1.29 is 18.7 Å². The van der Waals surface area contributed by atoms with Gasteiger partial charge in [-0.1, -0.05) is 0 Å². The van der Waals surface area contributed by atoms with Gasteiger partial charge in [-0.25, -0.2) is 4.79 Å². The second-order valence-electron chi connectivity index (χ2n) is 2.17. The van der Waals surface area contributed by atoms with Gasteiger partial charge in [-0.2, -0.15) is 20.5 Å². The number of carbonyl (C=O) groups is 1.